The van der Waals surface area contributed by atoms with Crippen LogP contribution in [-0.2, 0) is 4.74 Å². The Labute approximate surface area is 103 Å². The minimum Gasteiger partial charge on any atom is -0.300 e. The van der Waals surface area contributed by atoms with Gasteiger partial charge in [0.1, 0.15) is 0 Å². The fourth-order valence-corrected chi connectivity index (χ4v) is 1.59. The summed E-state index contributed by atoms with van der Waals surface area (Å²) >= 11 is 0. The fourth-order valence-electron chi connectivity index (χ4n) is 1.59. The molecule has 0 amide bonds. The van der Waals surface area contributed by atoms with Crippen LogP contribution >= 0.6 is 0 Å². The molecule has 1 aliphatic heterocycles. The first kappa shape index (κ1) is 16.5. The lowest BCUT2D eigenvalue weighted by atomic mass is 9.89. The Bertz CT molecular complexity index is 342. The summed E-state index contributed by atoms with van der Waals surface area (Å²) in [6.07, 6.45) is -5.82. The third kappa shape index (κ3) is 2.19. The summed E-state index contributed by atoms with van der Waals surface area (Å²) in [5.41, 5.74) is 0. The van der Waals surface area contributed by atoms with Crippen LogP contribution in [0.4, 0.5) is 35.1 Å². The van der Waals surface area contributed by atoms with E-state index in [1.54, 1.807) is 0 Å². The van der Waals surface area contributed by atoms with E-state index >= 15 is 0 Å². The first-order valence-corrected chi connectivity index (χ1v) is 5.44. The molecule has 0 bridgehead atoms. The van der Waals surface area contributed by atoms with Gasteiger partial charge in [-0.2, -0.15) is 26.3 Å². The maximum Gasteiger partial charge on any atom is 0.383 e. The monoisotopic (exact) mass is 300 g/mol. The predicted molar refractivity (Wildman–Crippen MR) is 48.7 cm³/mol. The molecule has 0 aliphatic carbocycles. The Morgan fingerprint density at radius 2 is 1.42 bits per heavy atom. The van der Waals surface area contributed by atoms with Gasteiger partial charge in [-0.1, -0.05) is 13.8 Å². The van der Waals surface area contributed by atoms with Gasteiger partial charge in [0.05, 0.1) is 0 Å². The van der Waals surface area contributed by atoms with Crippen LogP contribution in [0.5, 0.6) is 0 Å². The van der Waals surface area contributed by atoms with Gasteiger partial charge < -0.3 is 4.74 Å². The molecule has 19 heavy (non-hydrogen) atoms. The molecule has 0 saturated carbocycles. The van der Waals surface area contributed by atoms with Gasteiger partial charge in [-0.15, -0.1) is 0 Å². The van der Waals surface area contributed by atoms with E-state index in [0.29, 0.717) is 0 Å². The number of rotatable bonds is 3. The van der Waals surface area contributed by atoms with Gasteiger partial charge in [0, 0.05) is 6.42 Å². The average Bonchev–Trinajstić information content (AvgIpc) is 2.24. The Morgan fingerprint density at radius 1 is 0.947 bits per heavy atom. The van der Waals surface area contributed by atoms with E-state index in [0.717, 1.165) is 0 Å². The highest BCUT2D eigenvalue weighted by molar-refractivity contribution is 5.09. The molecule has 9 heteroatoms. The highest BCUT2D eigenvalue weighted by atomic mass is 19.4. The van der Waals surface area contributed by atoms with E-state index in [1.807, 2.05) is 0 Å². The molecular formula is C10H12F8O. The Hall–Kier alpha value is -0.600. The lowest BCUT2D eigenvalue weighted by molar-refractivity contribution is -0.477. The molecule has 2 atom stereocenters. The Balaban J connectivity index is 3.16. The van der Waals surface area contributed by atoms with Crippen LogP contribution in [-0.4, -0.2) is 30.0 Å². The molecule has 1 aliphatic rings. The SMILES string of the molecule is CC(C)CCC1(F)OC(F)C(F)(F)C(F)(F)C1(F)F. The van der Waals surface area contributed by atoms with Crippen LogP contribution in [0, 0.1) is 5.92 Å². The summed E-state index contributed by atoms with van der Waals surface area (Å²) < 4.78 is 108. The summed E-state index contributed by atoms with van der Waals surface area (Å²) in [5.74, 6) is -22.7. The van der Waals surface area contributed by atoms with Crippen molar-refractivity contribution in [1.82, 2.24) is 0 Å². The van der Waals surface area contributed by atoms with Crippen LogP contribution in [0.25, 0.3) is 0 Å². The van der Waals surface area contributed by atoms with Crippen molar-refractivity contribution < 1.29 is 39.9 Å². The molecule has 1 fully saturated rings. The number of halogens is 8. The fraction of sp³-hybridized carbons (Fsp3) is 1.00. The molecule has 1 saturated heterocycles. The van der Waals surface area contributed by atoms with Crippen molar-refractivity contribution in [1.29, 1.82) is 0 Å². The van der Waals surface area contributed by atoms with Crippen LogP contribution in [0.2, 0.25) is 0 Å². The highest BCUT2D eigenvalue weighted by Crippen LogP contribution is 2.59. The van der Waals surface area contributed by atoms with E-state index in [9.17, 15) is 35.1 Å². The van der Waals surface area contributed by atoms with Crippen LogP contribution < -0.4 is 0 Å². The van der Waals surface area contributed by atoms with Gasteiger partial charge in [-0.05, 0) is 12.3 Å². The third-order valence-corrected chi connectivity index (χ3v) is 2.90. The Morgan fingerprint density at radius 3 is 1.84 bits per heavy atom. The molecule has 0 aromatic carbocycles. The van der Waals surface area contributed by atoms with Crippen molar-refractivity contribution in [3.05, 3.63) is 0 Å². The zero-order valence-electron chi connectivity index (χ0n) is 10.0. The summed E-state index contributed by atoms with van der Waals surface area (Å²) in [7, 11) is 0. The van der Waals surface area contributed by atoms with Crippen molar-refractivity contribution in [2.75, 3.05) is 0 Å². The maximum atomic E-state index is 13.8. The highest BCUT2D eigenvalue weighted by Gasteiger charge is 2.86. The van der Waals surface area contributed by atoms with Crippen molar-refractivity contribution >= 4 is 0 Å². The molecule has 2 unspecified atom stereocenters. The normalized spacial score (nSPS) is 36.5. The maximum absolute atomic E-state index is 13.8. The van der Waals surface area contributed by atoms with E-state index in [-0.39, 0.29) is 12.3 Å². The smallest absolute Gasteiger partial charge is 0.300 e. The molecule has 0 radical (unpaired) electrons. The topological polar surface area (TPSA) is 9.23 Å². The number of ether oxygens (including phenoxy) is 1. The van der Waals surface area contributed by atoms with Crippen LogP contribution in [0.15, 0.2) is 0 Å². The van der Waals surface area contributed by atoms with E-state index < -0.39 is 36.4 Å². The zero-order chi connectivity index (χ0) is 15.3. The summed E-state index contributed by atoms with van der Waals surface area (Å²) in [6.45, 7) is 2.92. The zero-order valence-corrected chi connectivity index (χ0v) is 10.0. The third-order valence-electron chi connectivity index (χ3n) is 2.90. The molecular weight excluding hydrogens is 288 g/mol. The van der Waals surface area contributed by atoms with Gasteiger partial charge in [0.25, 0.3) is 12.2 Å². The van der Waals surface area contributed by atoms with Crippen molar-refractivity contribution in [2.45, 2.75) is 56.7 Å². The first-order chi connectivity index (χ1) is 8.29. The Kier molecular flexibility index (Phi) is 3.86. The van der Waals surface area contributed by atoms with Gasteiger partial charge in [0.2, 0.25) is 0 Å². The summed E-state index contributed by atoms with van der Waals surface area (Å²) in [6, 6.07) is 0. The summed E-state index contributed by atoms with van der Waals surface area (Å²) in [5, 5.41) is 0. The lowest BCUT2D eigenvalue weighted by Crippen LogP contribution is -2.72. The minimum atomic E-state index is -6.18. The van der Waals surface area contributed by atoms with Crippen molar-refractivity contribution in [3.63, 3.8) is 0 Å². The average molecular weight is 300 g/mol. The van der Waals surface area contributed by atoms with Crippen LogP contribution in [0.3, 0.4) is 0 Å². The molecule has 114 valence electrons. The number of alkyl halides is 8. The van der Waals surface area contributed by atoms with E-state index in [4.69, 9.17) is 0 Å². The molecule has 0 aromatic heterocycles. The first-order valence-electron chi connectivity index (χ1n) is 5.44. The standard InChI is InChI=1S/C10H12F8O/c1-5(2)3-4-7(12)9(15,16)10(17,18)8(13,14)6(11)19-7/h5-6H,3-4H2,1-2H3. The largest absolute Gasteiger partial charge is 0.383 e. The second kappa shape index (κ2) is 4.46. The predicted octanol–water partition coefficient (Wildman–Crippen LogP) is 4.32. The number of hydrogen-bond acceptors (Lipinski definition) is 1. The van der Waals surface area contributed by atoms with Gasteiger partial charge >= 0.3 is 17.8 Å². The molecule has 0 N–H and O–H groups in total. The second-order valence-electron chi connectivity index (χ2n) is 4.87. The molecule has 1 nitrogen and oxygen atoms in total. The molecule has 1 rings (SSSR count). The minimum absolute atomic E-state index is 0.361. The summed E-state index contributed by atoms with van der Waals surface area (Å²) in [4.78, 5) is 0. The van der Waals surface area contributed by atoms with E-state index in [1.165, 1.54) is 13.8 Å². The van der Waals surface area contributed by atoms with Crippen molar-refractivity contribution in [3.8, 4) is 0 Å². The van der Waals surface area contributed by atoms with Crippen LogP contribution in [0.1, 0.15) is 26.7 Å². The van der Waals surface area contributed by atoms with Gasteiger partial charge in [-0.25, -0.2) is 8.78 Å². The van der Waals surface area contributed by atoms with E-state index in [2.05, 4.69) is 4.74 Å². The van der Waals surface area contributed by atoms with Gasteiger partial charge in [0.15, 0.2) is 0 Å². The number of hydrogen-bond donors (Lipinski definition) is 0. The molecule has 0 aromatic rings. The quantitative estimate of drug-likeness (QED) is 0.705. The van der Waals surface area contributed by atoms with Crippen molar-refractivity contribution in [2.24, 2.45) is 5.92 Å². The second-order valence-corrected chi connectivity index (χ2v) is 4.87. The van der Waals surface area contributed by atoms with Gasteiger partial charge in [-0.3, -0.25) is 0 Å². The molecule has 0 spiro atoms. The molecule has 1 heterocycles. The lowest BCUT2D eigenvalue weighted by Gasteiger charge is -2.46.